The van der Waals surface area contributed by atoms with Crippen LogP contribution in [0.2, 0.25) is 0 Å². The molecule has 0 saturated carbocycles. The zero-order valence-corrected chi connectivity index (χ0v) is 14.5. The van der Waals surface area contributed by atoms with E-state index in [2.05, 4.69) is 5.32 Å². The number of hydrogen-bond acceptors (Lipinski definition) is 5. The lowest BCUT2D eigenvalue weighted by Gasteiger charge is -2.34. The number of carbonyl (C=O) groups excluding carboxylic acids is 1. The summed E-state index contributed by atoms with van der Waals surface area (Å²) in [4.78, 5) is 14.8. The molecule has 6 nitrogen and oxygen atoms in total. The topological polar surface area (TPSA) is 75.7 Å². The minimum atomic E-state index is -2.97. The third-order valence-electron chi connectivity index (χ3n) is 4.70. The van der Waals surface area contributed by atoms with E-state index < -0.39 is 15.9 Å². The molecule has 0 spiro atoms. The van der Waals surface area contributed by atoms with Crippen molar-refractivity contribution in [2.45, 2.75) is 12.5 Å². The van der Waals surface area contributed by atoms with Gasteiger partial charge in [0.1, 0.15) is 6.04 Å². The third kappa shape index (κ3) is 4.34. The van der Waals surface area contributed by atoms with Crippen LogP contribution in [0.3, 0.4) is 0 Å². The maximum Gasteiger partial charge on any atom is 0.241 e. The van der Waals surface area contributed by atoms with Crippen LogP contribution in [0.4, 0.5) is 0 Å². The van der Waals surface area contributed by atoms with Crippen molar-refractivity contribution in [2.75, 3.05) is 44.4 Å². The predicted molar refractivity (Wildman–Crippen MR) is 91.3 cm³/mol. The second kappa shape index (κ2) is 7.63. The molecule has 1 amide bonds. The summed E-state index contributed by atoms with van der Waals surface area (Å²) in [7, 11) is -2.97. The molecule has 1 N–H and O–H groups in total. The number of amides is 1. The van der Waals surface area contributed by atoms with Crippen molar-refractivity contribution in [2.24, 2.45) is 5.92 Å². The summed E-state index contributed by atoms with van der Waals surface area (Å²) >= 11 is 0. The largest absolute Gasteiger partial charge is 0.381 e. The van der Waals surface area contributed by atoms with Crippen molar-refractivity contribution in [3.05, 3.63) is 35.9 Å². The molecule has 0 radical (unpaired) electrons. The maximum atomic E-state index is 12.8. The van der Waals surface area contributed by atoms with Crippen molar-refractivity contribution >= 4 is 15.7 Å². The molecule has 2 atom stereocenters. The monoisotopic (exact) mass is 352 g/mol. The van der Waals surface area contributed by atoms with Gasteiger partial charge in [0.2, 0.25) is 5.91 Å². The Bertz CT molecular complexity index is 642. The van der Waals surface area contributed by atoms with Gasteiger partial charge >= 0.3 is 0 Å². The Morgan fingerprint density at radius 3 is 2.58 bits per heavy atom. The first kappa shape index (κ1) is 17.4. The second-order valence-electron chi connectivity index (χ2n) is 6.48. The number of ether oxygens (including phenoxy) is 1. The number of sulfone groups is 1. The van der Waals surface area contributed by atoms with E-state index in [1.54, 1.807) is 0 Å². The number of hydrogen-bond donors (Lipinski definition) is 1. The Labute approximate surface area is 143 Å². The Hall–Kier alpha value is -1.44. The first-order chi connectivity index (χ1) is 11.6. The van der Waals surface area contributed by atoms with Crippen molar-refractivity contribution in [1.82, 2.24) is 10.2 Å². The Morgan fingerprint density at radius 2 is 1.96 bits per heavy atom. The van der Waals surface area contributed by atoms with Gasteiger partial charge in [0.15, 0.2) is 9.84 Å². The van der Waals surface area contributed by atoms with Gasteiger partial charge in [-0.1, -0.05) is 30.3 Å². The van der Waals surface area contributed by atoms with Crippen LogP contribution in [-0.2, 0) is 19.4 Å². The van der Waals surface area contributed by atoms with E-state index in [-0.39, 0.29) is 17.4 Å². The highest BCUT2D eigenvalue weighted by molar-refractivity contribution is 7.91. The summed E-state index contributed by atoms with van der Waals surface area (Å²) in [5, 5.41) is 3.03. The lowest BCUT2D eigenvalue weighted by Crippen LogP contribution is -2.48. The normalized spacial score (nSPS) is 25.2. The summed E-state index contributed by atoms with van der Waals surface area (Å²) in [5.41, 5.74) is 0.900. The second-order valence-corrected chi connectivity index (χ2v) is 8.78. The molecular formula is C17H24N2O4S. The van der Waals surface area contributed by atoms with Gasteiger partial charge in [0.25, 0.3) is 0 Å². The molecule has 2 fully saturated rings. The van der Waals surface area contributed by atoms with Crippen LogP contribution in [0.1, 0.15) is 18.0 Å². The molecule has 0 aliphatic carbocycles. The van der Waals surface area contributed by atoms with Crippen LogP contribution in [0.25, 0.3) is 0 Å². The summed E-state index contributed by atoms with van der Waals surface area (Å²) in [6.07, 6.45) is 0.970. The van der Waals surface area contributed by atoms with E-state index in [1.165, 1.54) is 0 Å². The molecule has 2 aliphatic rings. The van der Waals surface area contributed by atoms with E-state index >= 15 is 0 Å². The third-order valence-corrected chi connectivity index (χ3v) is 6.31. The van der Waals surface area contributed by atoms with Gasteiger partial charge in [-0.2, -0.15) is 0 Å². The van der Waals surface area contributed by atoms with Crippen LogP contribution in [0.15, 0.2) is 30.3 Å². The first-order valence-electron chi connectivity index (χ1n) is 8.40. The number of rotatable bonds is 5. The zero-order chi connectivity index (χ0) is 17.0. The van der Waals surface area contributed by atoms with Crippen molar-refractivity contribution in [1.29, 1.82) is 0 Å². The fourth-order valence-electron chi connectivity index (χ4n) is 3.23. The molecule has 2 unspecified atom stereocenters. The molecule has 24 heavy (non-hydrogen) atoms. The molecule has 2 saturated heterocycles. The van der Waals surface area contributed by atoms with E-state index in [9.17, 15) is 13.2 Å². The molecule has 2 aliphatic heterocycles. The number of benzene rings is 1. The van der Waals surface area contributed by atoms with E-state index in [1.807, 2.05) is 35.2 Å². The van der Waals surface area contributed by atoms with Crippen LogP contribution in [0.5, 0.6) is 0 Å². The molecule has 1 aromatic rings. The maximum absolute atomic E-state index is 12.8. The lowest BCUT2D eigenvalue weighted by atomic mass is 10.0. The molecular weight excluding hydrogens is 328 g/mol. The predicted octanol–water partition coefficient (Wildman–Crippen LogP) is 0.611. The van der Waals surface area contributed by atoms with E-state index in [0.717, 1.165) is 18.6 Å². The summed E-state index contributed by atoms with van der Waals surface area (Å²) in [6, 6.07) is 9.12. The van der Waals surface area contributed by atoms with Crippen molar-refractivity contribution in [3.8, 4) is 0 Å². The number of nitrogens with zero attached hydrogens (tertiary/aromatic N) is 1. The average Bonchev–Trinajstić information content (AvgIpc) is 3.09. The van der Waals surface area contributed by atoms with Gasteiger partial charge in [-0.05, 0) is 12.0 Å². The number of carbonyl (C=O) groups is 1. The van der Waals surface area contributed by atoms with Crippen LogP contribution in [-0.4, -0.2) is 63.6 Å². The molecule has 3 rings (SSSR count). The van der Waals surface area contributed by atoms with Crippen LogP contribution in [0, 0.1) is 5.92 Å². The van der Waals surface area contributed by atoms with Crippen molar-refractivity contribution in [3.63, 3.8) is 0 Å². The minimum absolute atomic E-state index is 0.0626. The van der Waals surface area contributed by atoms with Crippen LogP contribution >= 0.6 is 0 Å². The zero-order valence-electron chi connectivity index (χ0n) is 13.7. The SMILES string of the molecule is O=C(NCC1CCOC1)C(c1ccccc1)N1CCS(=O)(=O)CC1. The fraction of sp³-hybridized carbons (Fsp3) is 0.588. The summed E-state index contributed by atoms with van der Waals surface area (Å²) < 4.78 is 28.7. The lowest BCUT2D eigenvalue weighted by molar-refractivity contribution is -0.126. The van der Waals surface area contributed by atoms with Gasteiger partial charge in [-0.25, -0.2) is 8.42 Å². The van der Waals surface area contributed by atoms with E-state index in [4.69, 9.17) is 4.74 Å². The highest BCUT2D eigenvalue weighted by atomic mass is 32.2. The fourth-order valence-corrected chi connectivity index (χ4v) is 4.46. The molecule has 2 heterocycles. The summed E-state index contributed by atoms with van der Waals surface area (Å²) in [6.45, 7) is 2.84. The first-order valence-corrected chi connectivity index (χ1v) is 10.2. The minimum Gasteiger partial charge on any atom is -0.381 e. The Morgan fingerprint density at radius 1 is 1.25 bits per heavy atom. The smallest absolute Gasteiger partial charge is 0.241 e. The Kier molecular flexibility index (Phi) is 5.53. The Balaban J connectivity index is 1.71. The van der Waals surface area contributed by atoms with E-state index in [0.29, 0.717) is 32.2 Å². The number of nitrogens with one attached hydrogen (secondary N) is 1. The molecule has 132 valence electrons. The van der Waals surface area contributed by atoms with Gasteiger partial charge in [0.05, 0.1) is 18.1 Å². The summed E-state index contributed by atoms with van der Waals surface area (Å²) in [5.74, 6) is 0.527. The van der Waals surface area contributed by atoms with Crippen molar-refractivity contribution < 1.29 is 17.9 Å². The average molecular weight is 352 g/mol. The van der Waals surface area contributed by atoms with Gasteiger partial charge in [-0.15, -0.1) is 0 Å². The van der Waals surface area contributed by atoms with Gasteiger partial charge < -0.3 is 10.1 Å². The van der Waals surface area contributed by atoms with Crippen LogP contribution < -0.4 is 5.32 Å². The molecule has 0 bridgehead atoms. The molecule has 1 aromatic carbocycles. The van der Waals surface area contributed by atoms with Gasteiger partial charge in [-0.3, -0.25) is 9.69 Å². The quantitative estimate of drug-likeness (QED) is 0.840. The molecule has 0 aromatic heterocycles. The highest BCUT2D eigenvalue weighted by Gasteiger charge is 2.32. The van der Waals surface area contributed by atoms with Gasteiger partial charge in [0, 0.05) is 32.2 Å². The molecule has 7 heteroatoms. The highest BCUT2D eigenvalue weighted by Crippen LogP contribution is 2.23. The standard InChI is InChI=1S/C17H24N2O4S/c20-17(18-12-14-6-9-23-13-14)16(15-4-2-1-3-5-15)19-7-10-24(21,22)11-8-19/h1-5,14,16H,6-13H2,(H,18,20).